The highest BCUT2D eigenvalue weighted by molar-refractivity contribution is 9.10. The third kappa shape index (κ3) is 3.08. The van der Waals surface area contributed by atoms with Gasteiger partial charge in [-0.05, 0) is 53.7 Å². The number of carbonyl (C=O) groups excluding carboxylic acids is 2. The van der Waals surface area contributed by atoms with E-state index in [1.165, 1.54) is 0 Å². The molecule has 0 radical (unpaired) electrons. The third-order valence-corrected chi connectivity index (χ3v) is 4.16. The van der Waals surface area contributed by atoms with Crippen LogP contribution in [0.5, 0.6) is 0 Å². The highest BCUT2D eigenvalue weighted by Gasteiger charge is 2.47. The number of hydrogen-bond donors (Lipinski definition) is 0. The molecule has 1 aliphatic rings. The number of rotatable bonds is 4. The second-order valence-corrected chi connectivity index (χ2v) is 6.04. The number of pyridine rings is 1. The molecule has 0 amide bonds. The Bertz CT molecular complexity index is 518. The van der Waals surface area contributed by atoms with E-state index in [4.69, 9.17) is 4.74 Å². The van der Waals surface area contributed by atoms with Crippen LogP contribution < -0.4 is 0 Å². The standard InChI is InChI=1S/C15H18BrNO3/c1-2-20-14(19)15(6-4-3-5-13(15)18)8-11-7-12(16)10-17-9-11/h7,9-10H,2-6,8H2,1H3. The van der Waals surface area contributed by atoms with E-state index in [0.717, 1.165) is 22.9 Å². The van der Waals surface area contributed by atoms with E-state index in [2.05, 4.69) is 20.9 Å². The van der Waals surface area contributed by atoms with Gasteiger partial charge < -0.3 is 4.74 Å². The fourth-order valence-electron chi connectivity index (χ4n) is 2.74. The number of nitrogens with zero attached hydrogens (tertiary/aromatic N) is 1. The summed E-state index contributed by atoms with van der Waals surface area (Å²) in [6, 6.07) is 1.90. The first-order chi connectivity index (χ1) is 9.58. The van der Waals surface area contributed by atoms with Gasteiger partial charge in [-0.3, -0.25) is 14.6 Å². The average Bonchev–Trinajstić information content (AvgIpc) is 2.42. The number of Topliss-reactive ketones (excluding diaryl/α,β-unsaturated/α-hetero) is 1. The molecule has 108 valence electrons. The minimum atomic E-state index is -1.02. The van der Waals surface area contributed by atoms with Gasteiger partial charge in [0.1, 0.15) is 5.41 Å². The van der Waals surface area contributed by atoms with Crippen molar-refractivity contribution in [2.24, 2.45) is 5.41 Å². The number of esters is 1. The summed E-state index contributed by atoms with van der Waals surface area (Å²) in [6.07, 6.45) is 6.52. The van der Waals surface area contributed by atoms with Crippen molar-refractivity contribution in [1.29, 1.82) is 0 Å². The summed E-state index contributed by atoms with van der Waals surface area (Å²) in [5.74, 6) is -0.383. The second kappa shape index (κ2) is 6.48. The Hall–Kier alpha value is -1.23. The van der Waals surface area contributed by atoms with Crippen molar-refractivity contribution in [2.75, 3.05) is 6.61 Å². The number of halogens is 1. The van der Waals surface area contributed by atoms with E-state index in [9.17, 15) is 9.59 Å². The molecule has 0 spiro atoms. The fourth-order valence-corrected chi connectivity index (χ4v) is 3.15. The van der Waals surface area contributed by atoms with Crippen LogP contribution in [0.15, 0.2) is 22.9 Å². The molecule has 1 unspecified atom stereocenters. The van der Waals surface area contributed by atoms with Crippen molar-refractivity contribution >= 4 is 27.7 Å². The fraction of sp³-hybridized carbons (Fsp3) is 0.533. The minimum absolute atomic E-state index is 0.00201. The van der Waals surface area contributed by atoms with E-state index in [0.29, 0.717) is 25.9 Å². The van der Waals surface area contributed by atoms with Gasteiger partial charge >= 0.3 is 5.97 Å². The van der Waals surface area contributed by atoms with Gasteiger partial charge in [0, 0.05) is 23.3 Å². The zero-order valence-electron chi connectivity index (χ0n) is 11.5. The van der Waals surface area contributed by atoms with Gasteiger partial charge in [0.25, 0.3) is 0 Å². The minimum Gasteiger partial charge on any atom is -0.465 e. The SMILES string of the molecule is CCOC(=O)C1(Cc2cncc(Br)c2)CCCCC1=O. The number of carbonyl (C=O) groups is 2. The van der Waals surface area contributed by atoms with Crippen LogP contribution in [0.3, 0.4) is 0 Å². The molecule has 1 heterocycles. The van der Waals surface area contributed by atoms with Crippen molar-refractivity contribution < 1.29 is 14.3 Å². The Balaban J connectivity index is 2.31. The van der Waals surface area contributed by atoms with Gasteiger partial charge in [-0.25, -0.2) is 0 Å². The summed E-state index contributed by atoms with van der Waals surface area (Å²) < 4.78 is 6.01. The topological polar surface area (TPSA) is 56.3 Å². The molecule has 2 rings (SSSR count). The quantitative estimate of drug-likeness (QED) is 0.624. The molecule has 0 bridgehead atoms. The van der Waals surface area contributed by atoms with Gasteiger partial charge in [0.05, 0.1) is 6.61 Å². The first-order valence-corrected chi connectivity index (χ1v) is 7.68. The molecule has 1 aliphatic carbocycles. The smallest absolute Gasteiger partial charge is 0.319 e. The van der Waals surface area contributed by atoms with Crippen molar-refractivity contribution in [3.8, 4) is 0 Å². The van der Waals surface area contributed by atoms with E-state index in [1.54, 1.807) is 19.3 Å². The molecule has 20 heavy (non-hydrogen) atoms. The van der Waals surface area contributed by atoms with E-state index < -0.39 is 5.41 Å². The van der Waals surface area contributed by atoms with Gasteiger partial charge in [0.15, 0.2) is 5.78 Å². The Morgan fingerprint density at radius 1 is 1.45 bits per heavy atom. The number of ketones is 1. The van der Waals surface area contributed by atoms with E-state index >= 15 is 0 Å². The number of ether oxygens (including phenoxy) is 1. The zero-order valence-corrected chi connectivity index (χ0v) is 13.1. The average molecular weight is 340 g/mol. The summed E-state index contributed by atoms with van der Waals surface area (Å²) in [5.41, 5.74) is -0.140. The lowest BCUT2D eigenvalue weighted by atomic mass is 9.69. The zero-order chi connectivity index (χ0) is 14.6. The predicted octanol–water partition coefficient (Wildman–Crippen LogP) is 3.08. The van der Waals surface area contributed by atoms with Crippen molar-refractivity contribution in [3.05, 3.63) is 28.5 Å². The second-order valence-electron chi connectivity index (χ2n) is 5.12. The maximum Gasteiger partial charge on any atom is 0.319 e. The van der Waals surface area contributed by atoms with E-state index in [-0.39, 0.29) is 11.8 Å². The summed E-state index contributed by atoms with van der Waals surface area (Å²) in [4.78, 5) is 28.8. The lowest BCUT2D eigenvalue weighted by Gasteiger charge is -2.33. The molecule has 0 aromatic carbocycles. The number of hydrogen-bond acceptors (Lipinski definition) is 4. The molecule has 1 aromatic heterocycles. The lowest BCUT2D eigenvalue weighted by Crippen LogP contribution is -2.44. The molecule has 1 fully saturated rings. The largest absolute Gasteiger partial charge is 0.465 e. The molecule has 1 aromatic rings. The first kappa shape index (κ1) is 15.2. The normalized spacial score (nSPS) is 22.6. The number of aromatic nitrogens is 1. The molecule has 5 heteroatoms. The van der Waals surface area contributed by atoms with Crippen molar-refractivity contribution in [3.63, 3.8) is 0 Å². The summed E-state index contributed by atoms with van der Waals surface area (Å²) in [7, 11) is 0. The summed E-state index contributed by atoms with van der Waals surface area (Å²) in [6.45, 7) is 2.06. The van der Waals surface area contributed by atoms with Crippen LogP contribution in [0.2, 0.25) is 0 Å². The maximum absolute atomic E-state index is 12.4. The van der Waals surface area contributed by atoms with Crippen LogP contribution >= 0.6 is 15.9 Å². The molecule has 0 N–H and O–H groups in total. The Kier molecular flexibility index (Phi) is 4.91. The van der Waals surface area contributed by atoms with Gasteiger partial charge in [-0.15, -0.1) is 0 Å². The van der Waals surface area contributed by atoms with Gasteiger partial charge in [0.2, 0.25) is 0 Å². The van der Waals surface area contributed by atoms with Crippen molar-refractivity contribution in [2.45, 2.75) is 39.0 Å². The third-order valence-electron chi connectivity index (χ3n) is 3.72. The van der Waals surface area contributed by atoms with Crippen LogP contribution in [0.1, 0.15) is 38.2 Å². The first-order valence-electron chi connectivity index (χ1n) is 6.88. The van der Waals surface area contributed by atoms with Crippen LogP contribution in [0.25, 0.3) is 0 Å². The molecule has 0 aliphatic heterocycles. The maximum atomic E-state index is 12.4. The molecule has 4 nitrogen and oxygen atoms in total. The Labute approximate surface area is 127 Å². The highest BCUT2D eigenvalue weighted by atomic mass is 79.9. The van der Waals surface area contributed by atoms with Crippen LogP contribution in [-0.4, -0.2) is 23.3 Å². The molecular formula is C15H18BrNO3. The van der Waals surface area contributed by atoms with Crippen LogP contribution in [0.4, 0.5) is 0 Å². The lowest BCUT2D eigenvalue weighted by molar-refractivity contribution is -0.162. The highest BCUT2D eigenvalue weighted by Crippen LogP contribution is 2.38. The molecule has 1 saturated carbocycles. The molecular weight excluding hydrogens is 322 g/mol. The Morgan fingerprint density at radius 3 is 2.90 bits per heavy atom. The predicted molar refractivity (Wildman–Crippen MR) is 78.2 cm³/mol. The molecule has 1 atom stereocenters. The van der Waals surface area contributed by atoms with Crippen molar-refractivity contribution in [1.82, 2.24) is 4.98 Å². The monoisotopic (exact) mass is 339 g/mol. The molecule has 0 saturated heterocycles. The summed E-state index contributed by atoms with van der Waals surface area (Å²) in [5, 5.41) is 0. The van der Waals surface area contributed by atoms with Crippen LogP contribution in [0, 0.1) is 5.41 Å². The van der Waals surface area contributed by atoms with E-state index in [1.807, 2.05) is 6.07 Å². The summed E-state index contributed by atoms with van der Waals surface area (Å²) >= 11 is 3.36. The Morgan fingerprint density at radius 2 is 2.25 bits per heavy atom. The van der Waals surface area contributed by atoms with Crippen LogP contribution in [-0.2, 0) is 20.7 Å². The van der Waals surface area contributed by atoms with Gasteiger partial charge in [-0.1, -0.05) is 6.42 Å². The van der Waals surface area contributed by atoms with Gasteiger partial charge in [-0.2, -0.15) is 0 Å².